The highest BCUT2D eigenvalue weighted by molar-refractivity contribution is 5.50. The van der Waals surface area contributed by atoms with E-state index in [1.807, 2.05) is 66.3 Å². The molecule has 0 aliphatic heterocycles. The van der Waals surface area contributed by atoms with E-state index in [0.29, 0.717) is 11.1 Å². The summed E-state index contributed by atoms with van der Waals surface area (Å²) in [6.45, 7) is 3.10. The zero-order valence-electron chi connectivity index (χ0n) is 15.8. The Labute approximate surface area is 165 Å². The third-order valence-corrected chi connectivity index (χ3v) is 4.60. The van der Waals surface area contributed by atoms with Crippen LogP contribution < -0.4 is 10.2 Å². The lowest BCUT2D eigenvalue weighted by Gasteiger charge is -2.25. The summed E-state index contributed by atoms with van der Waals surface area (Å²) in [5, 5.41) is 21.4. The van der Waals surface area contributed by atoms with Crippen LogP contribution in [0.1, 0.15) is 22.4 Å². The minimum absolute atomic E-state index is 0.656. The third-order valence-electron chi connectivity index (χ3n) is 4.60. The first-order valence-corrected chi connectivity index (χ1v) is 9.09. The van der Waals surface area contributed by atoms with Gasteiger partial charge in [0, 0.05) is 38.6 Å². The number of rotatable bonds is 8. The summed E-state index contributed by atoms with van der Waals surface area (Å²) in [5.41, 5.74) is 4.67. The van der Waals surface area contributed by atoms with Gasteiger partial charge in [0.2, 0.25) is 0 Å². The summed E-state index contributed by atoms with van der Waals surface area (Å²) >= 11 is 0. The van der Waals surface area contributed by atoms with E-state index < -0.39 is 0 Å². The van der Waals surface area contributed by atoms with Gasteiger partial charge in [-0.05, 0) is 42.0 Å². The van der Waals surface area contributed by atoms with Crippen LogP contribution in [-0.4, -0.2) is 22.6 Å². The highest BCUT2D eigenvalue weighted by Gasteiger charge is 2.10. The van der Waals surface area contributed by atoms with Crippen LogP contribution in [0.4, 0.5) is 5.69 Å². The molecule has 0 aliphatic rings. The highest BCUT2D eigenvalue weighted by Crippen LogP contribution is 2.17. The number of imidazole rings is 1. The molecular weight excluding hydrogens is 348 g/mol. The molecule has 6 nitrogen and oxygen atoms in total. The van der Waals surface area contributed by atoms with Gasteiger partial charge >= 0.3 is 0 Å². The minimum Gasteiger partial charge on any atom is -0.364 e. The van der Waals surface area contributed by atoms with Crippen molar-refractivity contribution in [2.24, 2.45) is 7.05 Å². The average Bonchev–Trinajstić information content (AvgIpc) is 3.15. The van der Waals surface area contributed by atoms with E-state index >= 15 is 0 Å². The molecule has 0 spiro atoms. The maximum absolute atomic E-state index is 9.02. The molecule has 0 amide bonds. The van der Waals surface area contributed by atoms with Crippen molar-refractivity contribution in [3.8, 4) is 12.1 Å². The molecule has 28 heavy (non-hydrogen) atoms. The molecule has 1 heterocycles. The molecule has 0 fully saturated rings. The van der Waals surface area contributed by atoms with Crippen molar-refractivity contribution in [1.82, 2.24) is 14.9 Å². The molecule has 3 aromatic rings. The predicted molar refractivity (Wildman–Crippen MR) is 108 cm³/mol. The van der Waals surface area contributed by atoms with Crippen LogP contribution in [0.15, 0.2) is 61.1 Å². The van der Waals surface area contributed by atoms with Gasteiger partial charge in [-0.2, -0.15) is 10.5 Å². The Bertz CT molecular complexity index is 974. The summed E-state index contributed by atoms with van der Waals surface area (Å²) in [4.78, 5) is 6.47. The Morgan fingerprint density at radius 3 is 2.21 bits per heavy atom. The quantitative estimate of drug-likeness (QED) is 0.617. The maximum atomic E-state index is 9.02. The van der Waals surface area contributed by atoms with Crippen LogP contribution in [0, 0.1) is 22.7 Å². The van der Waals surface area contributed by atoms with Crippen LogP contribution in [0.25, 0.3) is 0 Å². The molecule has 0 bridgehead atoms. The van der Waals surface area contributed by atoms with Crippen molar-refractivity contribution in [2.75, 3.05) is 18.0 Å². The number of anilines is 1. The third kappa shape index (κ3) is 4.97. The number of aryl methyl sites for hydroxylation is 1. The van der Waals surface area contributed by atoms with Crippen LogP contribution >= 0.6 is 0 Å². The monoisotopic (exact) mass is 370 g/mol. The predicted octanol–water partition coefficient (Wildman–Crippen LogP) is 2.96. The number of nitrogens with one attached hydrogen (secondary N) is 1. The lowest BCUT2D eigenvalue weighted by Crippen LogP contribution is -2.32. The largest absolute Gasteiger partial charge is 0.364 e. The summed E-state index contributed by atoms with van der Waals surface area (Å²) in [7, 11) is 1.99. The van der Waals surface area contributed by atoms with Gasteiger partial charge in [-0.1, -0.05) is 12.1 Å². The molecule has 0 saturated heterocycles. The number of hydrogen-bond donors (Lipinski definition) is 1. The molecule has 1 aromatic heterocycles. The van der Waals surface area contributed by atoms with Crippen LogP contribution in [0.5, 0.6) is 0 Å². The van der Waals surface area contributed by atoms with Gasteiger partial charge in [0.25, 0.3) is 0 Å². The number of nitrogens with zero attached hydrogens (tertiary/aromatic N) is 5. The normalized spacial score (nSPS) is 10.2. The summed E-state index contributed by atoms with van der Waals surface area (Å²) in [6.07, 6.45) is 3.68. The molecule has 0 saturated carbocycles. The van der Waals surface area contributed by atoms with Gasteiger partial charge < -0.3 is 14.8 Å². The molecule has 6 heteroatoms. The van der Waals surface area contributed by atoms with E-state index in [4.69, 9.17) is 10.5 Å². The van der Waals surface area contributed by atoms with E-state index in [9.17, 15) is 0 Å². The van der Waals surface area contributed by atoms with Crippen molar-refractivity contribution in [3.63, 3.8) is 0 Å². The van der Waals surface area contributed by atoms with Crippen LogP contribution in [0.2, 0.25) is 0 Å². The zero-order valence-corrected chi connectivity index (χ0v) is 15.8. The fraction of sp³-hybridized carbons (Fsp3) is 0.227. The number of benzene rings is 2. The molecule has 3 rings (SSSR count). The van der Waals surface area contributed by atoms with E-state index in [0.717, 1.165) is 43.1 Å². The zero-order chi connectivity index (χ0) is 19.8. The second-order valence-corrected chi connectivity index (χ2v) is 6.56. The Morgan fingerprint density at radius 2 is 1.64 bits per heavy atom. The fourth-order valence-corrected chi connectivity index (χ4v) is 2.92. The molecule has 0 atom stereocenters. The van der Waals surface area contributed by atoms with E-state index in [-0.39, 0.29) is 0 Å². The summed E-state index contributed by atoms with van der Waals surface area (Å²) < 4.78 is 2.01. The fourth-order valence-electron chi connectivity index (χ4n) is 2.92. The van der Waals surface area contributed by atoms with Crippen molar-refractivity contribution in [3.05, 3.63) is 83.4 Å². The van der Waals surface area contributed by atoms with Gasteiger partial charge in [0.1, 0.15) is 0 Å². The van der Waals surface area contributed by atoms with Crippen LogP contribution in [-0.2, 0) is 20.1 Å². The lowest BCUT2D eigenvalue weighted by molar-refractivity contribution is 0.648. The van der Waals surface area contributed by atoms with Crippen molar-refractivity contribution in [2.45, 2.75) is 13.1 Å². The smallest absolute Gasteiger partial charge is 0.0991 e. The van der Waals surface area contributed by atoms with Gasteiger partial charge in [-0.25, -0.2) is 4.98 Å². The first kappa shape index (κ1) is 19.2. The number of nitriles is 2. The minimum atomic E-state index is 0.656. The van der Waals surface area contributed by atoms with Gasteiger partial charge in [0.05, 0.1) is 41.8 Å². The number of aromatic nitrogens is 2. The van der Waals surface area contributed by atoms with Gasteiger partial charge in [-0.15, -0.1) is 0 Å². The van der Waals surface area contributed by atoms with E-state index in [1.54, 1.807) is 6.33 Å². The van der Waals surface area contributed by atoms with Crippen molar-refractivity contribution < 1.29 is 0 Å². The summed E-state index contributed by atoms with van der Waals surface area (Å²) in [6, 6.07) is 19.6. The second kappa shape index (κ2) is 9.36. The highest BCUT2D eigenvalue weighted by atomic mass is 15.2. The van der Waals surface area contributed by atoms with E-state index in [2.05, 4.69) is 27.3 Å². The standard InChI is InChI=1S/C22H22N6/c1-27-17-26-15-22(27)16-28(21-8-6-19(13-24)7-9-21)11-10-25-14-20-4-2-18(12-23)3-5-20/h2-9,15,17,25H,10-11,14,16H2,1H3. The average molecular weight is 370 g/mol. The Hall–Kier alpha value is -3.61. The number of hydrogen-bond acceptors (Lipinski definition) is 5. The lowest BCUT2D eigenvalue weighted by atomic mass is 10.1. The second-order valence-electron chi connectivity index (χ2n) is 6.56. The first-order valence-electron chi connectivity index (χ1n) is 9.09. The molecule has 140 valence electrons. The topological polar surface area (TPSA) is 80.7 Å². The molecule has 0 aliphatic carbocycles. The molecule has 1 N–H and O–H groups in total. The van der Waals surface area contributed by atoms with Gasteiger partial charge in [-0.3, -0.25) is 0 Å². The van der Waals surface area contributed by atoms with Crippen LogP contribution in [0.3, 0.4) is 0 Å². The Morgan fingerprint density at radius 1 is 1.00 bits per heavy atom. The SMILES string of the molecule is Cn1cncc1CN(CCNCc1ccc(C#N)cc1)c1ccc(C#N)cc1. The van der Waals surface area contributed by atoms with E-state index in [1.165, 1.54) is 0 Å². The van der Waals surface area contributed by atoms with Crippen molar-refractivity contribution >= 4 is 5.69 Å². The molecular formula is C22H22N6. The van der Waals surface area contributed by atoms with Crippen molar-refractivity contribution in [1.29, 1.82) is 10.5 Å². The van der Waals surface area contributed by atoms with Gasteiger partial charge in [0.15, 0.2) is 0 Å². The Kier molecular flexibility index (Phi) is 6.41. The molecule has 0 radical (unpaired) electrons. The molecule has 2 aromatic carbocycles. The summed E-state index contributed by atoms with van der Waals surface area (Å²) in [5.74, 6) is 0. The Balaban J connectivity index is 1.62. The first-order chi connectivity index (χ1) is 13.7. The molecule has 0 unspecified atom stereocenters. The maximum Gasteiger partial charge on any atom is 0.0991 e.